The van der Waals surface area contributed by atoms with Gasteiger partial charge in [0.2, 0.25) is 0 Å². The first-order valence-corrected chi connectivity index (χ1v) is 22.4. The largest absolute Gasteiger partial charge is 0.0654 e. The molecule has 0 aliphatic heterocycles. The van der Waals surface area contributed by atoms with Crippen LogP contribution in [0.15, 0.2) is 0 Å². The molecule has 6 saturated carbocycles. The average molecular weight is 637 g/mol. The molecule has 0 amide bonds. The molecule has 0 saturated heterocycles. The molecular formula is C46H84. The second-order valence-corrected chi connectivity index (χ2v) is 19.5. The van der Waals surface area contributed by atoms with Crippen molar-refractivity contribution in [2.45, 2.75) is 214 Å². The highest BCUT2D eigenvalue weighted by Crippen LogP contribution is 2.53. The van der Waals surface area contributed by atoms with Gasteiger partial charge in [-0.3, -0.25) is 0 Å². The Kier molecular flexibility index (Phi) is 15.7. The van der Waals surface area contributed by atoms with Crippen LogP contribution in [0, 0.1) is 76.9 Å². The minimum atomic E-state index is 0.962. The van der Waals surface area contributed by atoms with Crippen molar-refractivity contribution in [3.8, 4) is 0 Å². The minimum absolute atomic E-state index is 0.962. The standard InChI is InChI=1S/C29H52.C17H32/c1-21-11-9-17-27(28(20-23(3)18-21)25-13-4-5-14-25)29-19-22(2)10-8-15-24-12-6-7-16-26(24)29;1-3-8-17(15-10-5-4-6-11-15)13-16-12-7-9-14(16)2/h21-29H,4-20H2,1-3H3;14-17H,3-13H2,1-2H3. The zero-order valence-corrected chi connectivity index (χ0v) is 32.3. The van der Waals surface area contributed by atoms with Gasteiger partial charge in [0.15, 0.2) is 0 Å². The second-order valence-electron chi connectivity index (χ2n) is 19.5. The molecule has 46 heavy (non-hydrogen) atoms. The third kappa shape index (κ3) is 10.7. The van der Waals surface area contributed by atoms with E-state index in [0.717, 1.165) is 76.9 Å². The summed E-state index contributed by atoms with van der Waals surface area (Å²) in [6.45, 7) is 12.7. The van der Waals surface area contributed by atoms with Gasteiger partial charge in [-0.15, -0.1) is 0 Å². The van der Waals surface area contributed by atoms with Crippen LogP contribution < -0.4 is 0 Å². The molecule has 0 heterocycles. The van der Waals surface area contributed by atoms with Crippen LogP contribution in [-0.4, -0.2) is 0 Å². The van der Waals surface area contributed by atoms with Crippen LogP contribution >= 0.6 is 0 Å². The topological polar surface area (TPSA) is 0 Å². The molecule has 268 valence electrons. The molecule has 6 fully saturated rings. The Morgan fingerprint density at radius 3 is 1.65 bits per heavy atom. The predicted molar refractivity (Wildman–Crippen MR) is 203 cm³/mol. The van der Waals surface area contributed by atoms with Gasteiger partial charge < -0.3 is 0 Å². The lowest BCUT2D eigenvalue weighted by molar-refractivity contribution is 0.0224. The molecule has 11 unspecified atom stereocenters. The molecule has 11 atom stereocenters. The van der Waals surface area contributed by atoms with E-state index in [1.807, 2.05) is 0 Å². The Morgan fingerprint density at radius 1 is 0.435 bits per heavy atom. The van der Waals surface area contributed by atoms with Gasteiger partial charge in [-0.1, -0.05) is 176 Å². The highest BCUT2D eigenvalue weighted by Gasteiger charge is 2.43. The van der Waals surface area contributed by atoms with Gasteiger partial charge in [0.1, 0.15) is 0 Å². The molecule has 0 nitrogen and oxygen atoms in total. The van der Waals surface area contributed by atoms with Gasteiger partial charge in [0.25, 0.3) is 0 Å². The Hall–Kier alpha value is 0. The molecular weight excluding hydrogens is 553 g/mol. The third-order valence-corrected chi connectivity index (χ3v) is 15.9. The van der Waals surface area contributed by atoms with Crippen molar-refractivity contribution in [3.05, 3.63) is 0 Å². The van der Waals surface area contributed by atoms with E-state index in [0.29, 0.717) is 0 Å². The van der Waals surface area contributed by atoms with E-state index in [1.165, 1.54) is 103 Å². The number of hydrogen-bond acceptors (Lipinski definition) is 0. The maximum absolute atomic E-state index is 2.62. The van der Waals surface area contributed by atoms with Crippen LogP contribution in [0.4, 0.5) is 0 Å². The first kappa shape index (κ1) is 37.3. The third-order valence-electron chi connectivity index (χ3n) is 15.9. The summed E-state index contributed by atoms with van der Waals surface area (Å²) in [4.78, 5) is 0. The molecule has 0 radical (unpaired) electrons. The SMILES string of the molecule is CC1CCCC(C2CC(C)CCCC3CCCCC32)C(C2CCCC2)CC(C)C1.CCCC(CC1CCCC1C)C1CCCCC1. The lowest BCUT2D eigenvalue weighted by Crippen LogP contribution is -2.39. The summed E-state index contributed by atoms with van der Waals surface area (Å²) < 4.78 is 0. The Morgan fingerprint density at radius 2 is 0.978 bits per heavy atom. The Balaban J connectivity index is 0.000000209. The van der Waals surface area contributed by atoms with Gasteiger partial charge in [-0.25, -0.2) is 0 Å². The van der Waals surface area contributed by atoms with E-state index >= 15 is 0 Å². The smallest absolute Gasteiger partial charge is 0.0349 e. The lowest BCUT2D eigenvalue weighted by atomic mass is 9.58. The fourth-order valence-electron chi connectivity index (χ4n) is 13.5. The summed E-state index contributed by atoms with van der Waals surface area (Å²) in [6, 6.07) is 0. The molecule has 6 aliphatic rings. The summed E-state index contributed by atoms with van der Waals surface area (Å²) in [5.74, 6) is 13.7. The van der Waals surface area contributed by atoms with Gasteiger partial charge in [0.05, 0.1) is 0 Å². The molecule has 0 heteroatoms. The van der Waals surface area contributed by atoms with E-state index < -0.39 is 0 Å². The van der Waals surface area contributed by atoms with Crippen molar-refractivity contribution in [1.29, 1.82) is 0 Å². The van der Waals surface area contributed by atoms with Crippen molar-refractivity contribution in [3.63, 3.8) is 0 Å². The summed E-state index contributed by atoms with van der Waals surface area (Å²) >= 11 is 0. The van der Waals surface area contributed by atoms with Gasteiger partial charge >= 0.3 is 0 Å². The van der Waals surface area contributed by atoms with E-state index in [4.69, 9.17) is 0 Å². The van der Waals surface area contributed by atoms with Crippen LogP contribution in [-0.2, 0) is 0 Å². The van der Waals surface area contributed by atoms with Crippen molar-refractivity contribution in [1.82, 2.24) is 0 Å². The quantitative estimate of drug-likeness (QED) is 0.261. The Labute approximate surface area is 290 Å². The molecule has 0 N–H and O–H groups in total. The molecule has 0 spiro atoms. The predicted octanol–water partition coefficient (Wildman–Crippen LogP) is 15.1. The molecule has 0 aromatic carbocycles. The summed E-state index contributed by atoms with van der Waals surface area (Å²) in [5, 5.41) is 0. The van der Waals surface area contributed by atoms with Crippen LogP contribution in [0.1, 0.15) is 214 Å². The first-order chi connectivity index (χ1) is 22.4. The second kappa shape index (κ2) is 19.4. The molecule has 0 aromatic rings. The highest BCUT2D eigenvalue weighted by molar-refractivity contribution is 4.93. The molecule has 0 bridgehead atoms. The van der Waals surface area contributed by atoms with Gasteiger partial charge in [-0.2, -0.15) is 0 Å². The monoisotopic (exact) mass is 637 g/mol. The molecule has 6 aliphatic carbocycles. The highest BCUT2D eigenvalue weighted by atomic mass is 14.5. The maximum Gasteiger partial charge on any atom is -0.0349 e. The summed E-state index contributed by atoms with van der Waals surface area (Å²) in [5.41, 5.74) is 0. The normalized spacial score (nSPS) is 41.2. The average Bonchev–Trinajstić information content (AvgIpc) is 3.74. The van der Waals surface area contributed by atoms with Crippen molar-refractivity contribution < 1.29 is 0 Å². The van der Waals surface area contributed by atoms with Crippen molar-refractivity contribution in [2.75, 3.05) is 0 Å². The Bertz CT molecular complexity index is 801. The fourth-order valence-corrected chi connectivity index (χ4v) is 13.5. The fraction of sp³-hybridized carbons (Fsp3) is 1.00. The van der Waals surface area contributed by atoms with Crippen LogP contribution in [0.2, 0.25) is 0 Å². The maximum atomic E-state index is 2.62. The van der Waals surface area contributed by atoms with Gasteiger partial charge in [0, 0.05) is 0 Å². The summed E-state index contributed by atoms with van der Waals surface area (Å²) in [6.07, 6.45) is 43.0. The zero-order chi connectivity index (χ0) is 32.3. The minimum Gasteiger partial charge on any atom is -0.0654 e. The zero-order valence-electron chi connectivity index (χ0n) is 32.3. The van der Waals surface area contributed by atoms with Crippen molar-refractivity contribution in [2.24, 2.45) is 76.9 Å². The van der Waals surface area contributed by atoms with Crippen LogP contribution in [0.5, 0.6) is 0 Å². The van der Waals surface area contributed by atoms with Crippen LogP contribution in [0.25, 0.3) is 0 Å². The van der Waals surface area contributed by atoms with E-state index in [-0.39, 0.29) is 0 Å². The summed E-state index contributed by atoms with van der Waals surface area (Å²) in [7, 11) is 0. The van der Waals surface area contributed by atoms with E-state index in [2.05, 4.69) is 34.6 Å². The van der Waals surface area contributed by atoms with E-state index in [9.17, 15) is 0 Å². The number of hydrogen-bond donors (Lipinski definition) is 0. The van der Waals surface area contributed by atoms with Crippen molar-refractivity contribution >= 4 is 0 Å². The van der Waals surface area contributed by atoms with E-state index in [1.54, 1.807) is 77.0 Å². The lowest BCUT2D eigenvalue weighted by Gasteiger charge is -2.47. The number of rotatable bonds is 7. The first-order valence-electron chi connectivity index (χ1n) is 22.4. The number of fused-ring (bicyclic) bond motifs is 1. The van der Waals surface area contributed by atoms with Gasteiger partial charge in [-0.05, 0) is 115 Å². The molecule has 0 aromatic heterocycles. The molecule has 6 rings (SSSR count). The van der Waals surface area contributed by atoms with Crippen LogP contribution in [0.3, 0.4) is 0 Å².